The van der Waals surface area contributed by atoms with Crippen molar-refractivity contribution >= 4 is 39.0 Å². The van der Waals surface area contributed by atoms with Gasteiger partial charge in [-0.15, -0.1) is 11.6 Å². The third-order valence-electron chi connectivity index (χ3n) is 1.58. The summed E-state index contributed by atoms with van der Waals surface area (Å²) in [4.78, 5) is 21.1. The Morgan fingerprint density at radius 2 is 2.21 bits per heavy atom. The Bertz CT molecular complexity index is 394. The monoisotopic (exact) mass is 277 g/mol. The quantitative estimate of drug-likeness (QED) is 0.370. The molecule has 0 fully saturated rings. The Labute approximate surface area is 93.1 Å². The topological polar surface area (TPSA) is 60.2 Å². The molecule has 1 aromatic carbocycles. The fourth-order valence-electron chi connectivity index (χ4n) is 0.912. The lowest BCUT2D eigenvalue weighted by Crippen LogP contribution is -2.02. The van der Waals surface area contributed by atoms with Gasteiger partial charge in [-0.25, -0.2) is 0 Å². The van der Waals surface area contributed by atoms with Crippen molar-refractivity contribution in [2.75, 3.05) is 5.88 Å². The van der Waals surface area contributed by atoms with Gasteiger partial charge in [-0.3, -0.25) is 14.9 Å². The maximum Gasteiger partial charge on any atom is 0.270 e. The predicted molar refractivity (Wildman–Crippen MR) is 55.8 cm³/mol. The van der Waals surface area contributed by atoms with E-state index in [0.29, 0.717) is 4.47 Å². The molecule has 1 rings (SSSR count). The zero-order valence-corrected chi connectivity index (χ0v) is 9.21. The van der Waals surface area contributed by atoms with Crippen molar-refractivity contribution in [1.82, 2.24) is 0 Å². The standard InChI is InChI=1S/C8H5BrClNO3/c9-7-2-1-5(11(13)14)3-6(7)8(12)4-10/h1-3H,4H2. The van der Waals surface area contributed by atoms with Gasteiger partial charge in [0.15, 0.2) is 5.78 Å². The summed E-state index contributed by atoms with van der Waals surface area (Å²) in [6.07, 6.45) is 0. The van der Waals surface area contributed by atoms with Crippen LogP contribution in [-0.4, -0.2) is 16.6 Å². The first kappa shape index (κ1) is 11.1. The number of halogens is 2. The summed E-state index contributed by atoms with van der Waals surface area (Å²) in [5.74, 6) is -0.540. The highest BCUT2D eigenvalue weighted by Gasteiger charge is 2.14. The third kappa shape index (κ3) is 2.30. The van der Waals surface area contributed by atoms with Gasteiger partial charge in [-0.1, -0.05) is 15.9 Å². The highest BCUT2D eigenvalue weighted by Crippen LogP contribution is 2.23. The number of carbonyl (C=O) groups is 1. The molecule has 0 unspecified atom stereocenters. The largest absolute Gasteiger partial charge is 0.293 e. The fourth-order valence-corrected chi connectivity index (χ4v) is 1.52. The van der Waals surface area contributed by atoms with E-state index in [1.165, 1.54) is 18.2 Å². The minimum atomic E-state index is -0.558. The number of hydrogen-bond acceptors (Lipinski definition) is 3. The molecule has 0 atom stereocenters. The van der Waals surface area contributed by atoms with Gasteiger partial charge in [0.05, 0.1) is 10.8 Å². The number of benzene rings is 1. The second-order valence-corrected chi connectivity index (χ2v) is 3.60. The second-order valence-electron chi connectivity index (χ2n) is 2.48. The van der Waals surface area contributed by atoms with Gasteiger partial charge in [0.1, 0.15) is 0 Å². The molecule has 74 valence electrons. The molecule has 0 amide bonds. The average Bonchev–Trinajstić information content (AvgIpc) is 2.17. The van der Waals surface area contributed by atoms with Gasteiger partial charge in [0.25, 0.3) is 5.69 Å². The number of nitro benzene ring substituents is 1. The van der Waals surface area contributed by atoms with Crippen LogP contribution in [0.3, 0.4) is 0 Å². The zero-order valence-electron chi connectivity index (χ0n) is 6.87. The first-order valence-corrected chi connectivity index (χ1v) is 4.92. The number of rotatable bonds is 3. The minimum absolute atomic E-state index is 0.123. The lowest BCUT2D eigenvalue weighted by atomic mass is 10.1. The number of nitrogens with zero attached hydrogens (tertiary/aromatic N) is 1. The van der Waals surface area contributed by atoms with E-state index in [0.717, 1.165) is 0 Å². The molecule has 0 aliphatic rings. The van der Waals surface area contributed by atoms with Crippen molar-refractivity contribution in [3.05, 3.63) is 38.3 Å². The molecule has 6 heteroatoms. The first-order chi connectivity index (χ1) is 6.56. The van der Waals surface area contributed by atoms with E-state index < -0.39 is 4.92 Å². The normalized spacial score (nSPS) is 9.86. The molecule has 0 bridgehead atoms. The van der Waals surface area contributed by atoms with Crippen LogP contribution in [0.2, 0.25) is 0 Å². The number of nitro groups is 1. The number of hydrogen-bond donors (Lipinski definition) is 0. The summed E-state index contributed by atoms with van der Waals surface area (Å²) in [6.45, 7) is 0. The molecule has 1 aromatic rings. The maximum absolute atomic E-state index is 11.2. The Balaban J connectivity index is 3.21. The van der Waals surface area contributed by atoms with Crippen LogP contribution >= 0.6 is 27.5 Å². The molecule has 0 aliphatic heterocycles. The second kappa shape index (κ2) is 4.52. The Morgan fingerprint density at radius 1 is 1.57 bits per heavy atom. The van der Waals surface area contributed by atoms with Crippen LogP contribution in [0.4, 0.5) is 5.69 Å². The third-order valence-corrected chi connectivity index (χ3v) is 2.52. The SMILES string of the molecule is O=C(CCl)c1cc([N+](=O)[O-])ccc1Br. The van der Waals surface area contributed by atoms with E-state index in [2.05, 4.69) is 15.9 Å². The molecular formula is C8H5BrClNO3. The van der Waals surface area contributed by atoms with Crippen LogP contribution in [-0.2, 0) is 0 Å². The van der Waals surface area contributed by atoms with E-state index in [-0.39, 0.29) is 22.9 Å². The molecule has 0 radical (unpaired) electrons. The van der Waals surface area contributed by atoms with Crippen molar-refractivity contribution in [3.8, 4) is 0 Å². The average molecular weight is 278 g/mol. The Morgan fingerprint density at radius 3 is 2.71 bits per heavy atom. The number of Topliss-reactive ketones (excluding diaryl/α,β-unsaturated/α-hetero) is 1. The Kier molecular flexibility index (Phi) is 3.60. The number of non-ortho nitro benzene ring substituents is 1. The van der Waals surface area contributed by atoms with Crippen molar-refractivity contribution in [2.45, 2.75) is 0 Å². The smallest absolute Gasteiger partial charge is 0.270 e. The Hall–Kier alpha value is -0.940. The molecule has 0 aliphatic carbocycles. The van der Waals surface area contributed by atoms with Crippen LogP contribution in [0.15, 0.2) is 22.7 Å². The van der Waals surface area contributed by atoms with Gasteiger partial charge < -0.3 is 0 Å². The summed E-state index contributed by atoms with van der Waals surface area (Å²) in [7, 11) is 0. The van der Waals surface area contributed by atoms with Gasteiger partial charge in [-0.05, 0) is 6.07 Å². The number of carbonyl (C=O) groups excluding carboxylic acids is 1. The molecular weight excluding hydrogens is 273 g/mol. The van der Waals surface area contributed by atoms with Crippen LogP contribution in [0, 0.1) is 10.1 Å². The van der Waals surface area contributed by atoms with Crippen molar-refractivity contribution in [2.24, 2.45) is 0 Å². The molecule has 0 spiro atoms. The summed E-state index contributed by atoms with van der Waals surface area (Å²) in [6, 6.07) is 3.97. The van der Waals surface area contributed by atoms with Crippen LogP contribution < -0.4 is 0 Å². The van der Waals surface area contributed by atoms with Gasteiger partial charge >= 0.3 is 0 Å². The van der Waals surface area contributed by atoms with E-state index in [1.54, 1.807) is 0 Å². The van der Waals surface area contributed by atoms with Crippen LogP contribution in [0.1, 0.15) is 10.4 Å². The maximum atomic E-state index is 11.2. The lowest BCUT2D eigenvalue weighted by molar-refractivity contribution is -0.384. The van der Waals surface area contributed by atoms with Crippen LogP contribution in [0.5, 0.6) is 0 Å². The van der Waals surface area contributed by atoms with E-state index in [1.807, 2.05) is 0 Å². The van der Waals surface area contributed by atoms with Gasteiger partial charge in [-0.2, -0.15) is 0 Å². The summed E-state index contributed by atoms with van der Waals surface area (Å²) < 4.78 is 0.508. The van der Waals surface area contributed by atoms with Crippen molar-refractivity contribution in [1.29, 1.82) is 0 Å². The van der Waals surface area contributed by atoms with E-state index in [9.17, 15) is 14.9 Å². The minimum Gasteiger partial charge on any atom is -0.293 e. The number of ketones is 1. The highest BCUT2D eigenvalue weighted by atomic mass is 79.9. The molecule has 14 heavy (non-hydrogen) atoms. The molecule has 0 aromatic heterocycles. The molecule has 0 saturated carbocycles. The molecule has 4 nitrogen and oxygen atoms in total. The van der Waals surface area contributed by atoms with Crippen molar-refractivity contribution < 1.29 is 9.72 Å². The van der Waals surface area contributed by atoms with Crippen molar-refractivity contribution in [3.63, 3.8) is 0 Å². The van der Waals surface area contributed by atoms with E-state index in [4.69, 9.17) is 11.6 Å². The molecule has 0 N–H and O–H groups in total. The van der Waals surface area contributed by atoms with E-state index >= 15 is 0 Å². The summed E-state index contributed by atoms with van der Waals surface area (Å²) in [5, 5.41) is 10.4. The summed E-state index contributed by atoms with van der Waals surface area (Å²) >= 11 is 8.47. The van der Waals surface area contributed by atoms with Gasteiger partial charge in [0.2, 0.25) is 0 Å². The first-order valence-electron chi connectivity index (χ1n) is 3.59. The summed E-state index contributed by atoms with van der Waals surface area (Å²) in [5.41, 5.74) is 0.107. The molecule has 0 saturated heterocycles. The van der Waals surface area contributed by atoms with Crippen LogP contribution in [0.25, 0.3) is 0 Å². The molecule has 0 heterocycles. The fraction of sp³-hybridized carbons (Fsp3) is 0.125. The highest BCUT2D eigenvalue weighted by molar-refractivity contribution is 9.10. The lowest BCUT2D eigenvalue weighted by Gasteiger charge is -2.00. The van der Waals surface area contributed by atoms with Gasteiger partial charge in [0, 0.05) is 22.2 Å². The predicted octanol–water partition coefficient (Wildman–Crippen LogP) is 2.78. The number of alkyl halides is 1. The zero-order chi connectivity index (χ0) is 10.7.